The zero-order valence-corrected chi connectivity index (χ0v) is 22.5. The summed E-state index contributed by atoms with van der Waals surface area (Å²) in [5.41, 5.74) is 1.16. The van der Waals surface area contributed by atoms with E-state index < -0.39 is 14.8 Å². The average Bonchev–Trinajstić information content (AvgIpc) is 3.27. The third-order valence-electron chi connectivity index (χ3n) is 5.66. The molecule has 0 bridgehead atoms. The lowest BCUT2D eigenvalue weighted by Gasteiger charge is -2.12. The SMILES string of the molecule is Cc1nc2cc(Oc3ccc(S(=O)(=O)c4ccc(OCc5ccccc5)c(Cl)c4)cc3Cl)c([N+](=O)[O-])cc2o1. The summed E-state index contributed by atoms with van der Waals surface area (Å²) in [4.78, 5) is 14.9. The highest BCUT2D eigenvalue weighted by molar-refractivity contribution is 7.91. The van der Waals surface area contributed by atoms with Crippen molar-refractivity contribution < 1.29 is 27.2 Å². The Morgan fingerprint density at radius 2 is 1.54 bits per heavy atom. The predicted molar refractivity (Wildman–Crippen MR) is 145 cm³/mol. The van der Waals surface area contributed by atoms with Crippen molar-refractivity contribution in [1.82, 2.24) is 4.98 Å². The summed E-state index contributed by atoms with van der Waals surface area (Å²) in [5.74, 6) is 0.555. The summed E-state index contributed by atoms with van der Waals surface area (Å²) in [6, 6.07) is 20.0. The molecule has 0 spiro atoms. The lowest BCUT2D eigenvalue weighted by Crippen LogP contribution is -2.03. The number of nitrogens with zero attached hydrogens (tertiary/aromatic N) is 2. The first-order chi connectivity index (χ1) is 18.6. The van der Waals surface area contributed by atoms with E-state index in [0.717, 1.165) is 5.56 Å². The molecule has 0 unspecified atom stereocenters. The van der Waals surface area contributed by atoms with Crippen molar-refractivity contribution in [2.45, 2.75) is 23.3 Å². The third-order valence-corrected chi connectivity index (χ3v) is 8.00. The van der Waals surface area contributed by atoms with Crippen LogP contribution in [-0.4, -0.2) is 18.3 Å². The summed E-state index contributed by atoms with van der Waals surface area (Å²) < 4.78 is 43.3. The summed E-state index contributed by atoms with van der Waals surface area (Å²) in [6.07, 6.45) is 0. The van der Waals surface area contributed by atoms with Crippen molar-refractivity contribution in [3.05, 3.63) is 110 Å². The number of hydrogen-bond acceptors (Lipinski definition) is 8. The standard InChI is InChI=1S/C27H18Cl2N2O7S/c1-16-30-22-13-27(23(31(32)33)14-26(22)37-16)38-25-10-8-19(12-21(25)29)39(34,35)18-7-9-24(20(28)11-18)36-15-17-5-3-2-4-6-17/h2-14H,15H2,1H3. The molecule has 0 amide bonds. The molecule has 0 fully saturated rings. The molecule has 0 radical (unpaired) electrons. The van der Waals surface area contributed by atoms with Gasteiger partial charge in [-0.2, -0.15) is 0 Å². The van der Waals surface area contributed by atoms with E-state index in [-0.39, 0.29) is 49.2 Å². The van der Waals surface area contributed by atoms with Gasteiger partial charge in [-0.3, -0.25) is 10.1 Å². The molecule has 39 heavy (non-hydrogen) atoms. The van der Waals surface area contributed by atoms with Crippen LogP contribution < -0.4 is 9.47 Å². The molecule has 1 aromatic heterocycles. The second kappa shape index (κ2) is 10.6. The van der Waals surface area contributed by atoms with Crippen molar-refractivity contribution in [3.8, 4) is 17.2 Å². The van der Waals surface area contributed by atoms with E-state index >= 15 is 0 Å². The van der Waals surface area contributed by atoms with Crippen molar-refractivity contribution in [2.75, 3.05) is 0 Å². The molecule has 9 nitrogen and oxygen atoms in total. The Kier molecular flexibility index (Phi) is 7.17. The number of halogens is 2. The summed E-state index contributed by atoms with van der Waals surface area (Å²) in [7, 11) is -4.02. The first-order valence-electron chi connectivity index (χ1n) is 11.4. The maximum atomic E-state index is 13.3. The Morgan fingerprint density at radius 1 is 0.897 bits per heavy atom. The number of ether oxygens (including phenoxy) is 2. The molecular formula is C27H18Cl2N2O7S. The minimum absolute atomic E-state index is 0.0148. The lowest BCUT2D eigenvalue weighted by atomic mass is 10.2. The normalized spacial score (nSPS) is 11.5. The van der Waals surface area contributed by atoms with E-state index in [2.05, 4.69) is 4.98 Å². The molecule has 0 aliphatic carbocycles. The molecule has 0 aliphatic rings. The Hall–Kier alpha value is -4.12. The maximum Gasteiger partial charge on any atom is 0.315 e. The Balaban J connectivity index is 1.39. The van der Waals surface area contributed by atoms with E-state index in [9.17, 15) is 18.5 Å². The van der Waals surface area contributed by atoms with Gasteiger partial charge in [0.2, 0.25) is 15.6 Å². The third kappa shape index (κ3) is 5.53. The van der Waals surface area contributed by atoms with Crippen LogP contribution in [0.1, 0.15) is 11.5 Å². The number of hydrogen-bond donors (Lipinski definition) is 0. The number of sulfone groups is 1. The molecule has 5 rings (SSSR count). The number of fused-ring (bicyclic) bond motifs is 1. The number of aromatic nitrogens is 1. The lowest BCUT2D eigenvalue weighted by molar-refractivity contribution is -0.385. The van der Waals surface area contributed by atoms with Crippen molar-refractivity contribution in [3.63, 3.8) is 0 Å². The molecule has 0 saturated heterocycles. The minimum atomic E-state index is -4.02. The molecule has 198 valence electrons. The van der Waals surface area contributed by atoms with Gasteiger partial charge in [-0.05, 0) is 42.0 Å². The van der Waals surface area contributed by atoms with Gasteiger partial charge in [0.25, 0.3) is 0 Å². The fourth-order valence-corrected chi connectivity index (χ4v) is 5.67. The van der Waals surface area contributed by atoms with Gasteiger partial charge in [0, 0.05) is 13.0 Å². The van der Waals surface area contributed by atoms with Crippen LogP contribution in [0.3, 0.4) is 0 Å². The number of nitro groups is 1. The number of benzene rings is 4. The molecule has 4 aromatic carbocycles. The summed E-state index contributed by atoms with van der Waals surface area (Å²) in [6.45, 7) is 1.88. The van der Waals surface area contributed by atoms with Crippen LogP contribution in [0.5, 0.6) is 17.2 Å². The quantitative estimate of drug-likeness (QED) is 0.135. The predicted octanol–water partition coefficient (Wildman–Crippen LogP) is 7.56. The molecule has 0 N–H and O–H groups in total. The Bertz CT molecular complexity index is 1820. The first-order valence-corrected chi connectivity index (χ1v) is 13.6. The van der Waals surface area contributed by atoms with Crippen LogP contribution in [0.25, 0.3) is 11.1 Å². The number of rotatable bonds is 8. The van der Waals surface area contributed by atoms with Gasteiger partial charge in [0.15, 0.2) is 11.5 Å². The van der Waals surface area contributed by atoms with E-state index in [4.69, 9.17) is 37.1 Å². The van der Waals surface area contributed by atoms with Gasteiger partial charge < -0.3 is 13.9 Å². The molecule has 1 heterocycles. The largest absolute Gasteiger partial charge is 0.487 e. The zero-order valence-electron chi connectivity index (χ0n) is 20.1. The highest BCUT2D eigenvalue weighted by Gasteiger charge is 2.24. The van der Waals surface area contributed by atoms with Gasteiger partial charge in [-0.15, -0.1) is 0 Å². The van der Waals surface area contributed by atoms with Crippen LogP contribution in [-0.2, 0) is 16.4 Å². The second-order valence-electron chi connectivity index (χ2n) is 8.34. The van der Waals surface area contributed by atoms with E-state index in [1.807, 2.05) is 30.3 Å². The second-order valence-corrected chi connectivity index (χ2v) is 11.1. The van der Waals surface area contributed by atoms with Crippen molar-refractivity contribution >= 4 is 49.8 Å². The summed E-state index contributed by atoms with van der Waals surface area (Å²) in [5, 5.41) is 11.6. The topological polar surface area (TPSA) is 122 Å². The molecule has 12 heteroatoms. The number of aryl methyl sites for hydroxylation is 1. The van der Waals surface area contributed by atoms with E-state index in [1.165, 1.54) is 48.5 Å². The van der Waals surface area contributed by atoms with E-state index in [0.29, 0.717) is 17.2 Å². The molecule has 0 atom stereocenters. The monoisotopic (exact) mass is 584 g/mol. The molecule has 0 saturated carbocycles. The Labute approximate surface area is 232 Å². The molecule has 5 aromatic rings. The molecular weight excluding hydrogens is 567 g/mol. The number of nitro benzene ring substituents is 1. The smallest absolute Gasteiger partial charge is 0.315 e. The zero-order chi connectivity index (χ0) is 27.7. The van der Waals surface area contributed by atoms with Crippen LogP contribution in [0, 0.1) is 17.0 Å². The van der Waals surface area contributed by atoms with Gasteiger partial charge in [-0.25, -0.2) is 13.4 Å². The highest BCUT2D eigenvalue weighted by atomic mass is 35.5. The maximum absolute atomic E-state index is 13.3. The minimum Gasteiger partial charge on any atom is -0.487 e. The van der Waals surface area contributed by atoms with Gasteiger partial charge in [0.1, 0.15) is 23.6 Å². The first kappa shape index (κ1) is 26.5. The van der Waals surface area contributed by atoms with Gasteiger partial charge in [-0.1, -0.05) is 53.5 Å². The van der Waals surface area contributed by atoms with E-state index in [1.54, 1.807) is 6.92 Å². The van der Waals surface area contributed by atoms with Crippen LogP contribution in [0.15, 0.2) is 93.1 Å². The van der Waals surface area contributed by atoms with Crippen LogP contribution >= 0.6 is 23.2 Å². The van der Waals surface area contributed by atoms with Crippen molar-refractivity contribution in [1.29, 1.82) is 0 Å². The summed E-state index contributed by atoms with van der Waals surface area (Å²) >= 11 is 12.7. The number of oxazole rings is 1. The highest BCUT2D eigenvalue weighted by Crippen LogP contribution is 2.39. The Morgan fingerprint density at radius 3 is 2.15 bits per heavy atom. The van der Waals surface area contributed by atoms with Gasteiger partial charge in [0.05, 0.1) is 30.8 Å². The van der Waals surface area contributed by atoms with Crippen LogP contribution in [0.4, 0.5) is 5.69 Å². The average molecular weight is 585 g/mol. The van der Waals surface area contributed by atoms with Crippen LogP contribution in [0.2, 0.25) is 10.0 Å². The fourth-order valence-electron chi connectivity index (χ4n) is 3.77. The van der Waals surface area contributed by atoms with Gasteiger partial charge >= 0.3 is 5.69 Å². The molecule has 0 aliphatic heterocycles. The van der Waals surface area contributed by atoms with Crippen molar-refractivity contribution in [2.24, 2.45) is 0 Å². The fraction of sp³-hybridized carbons (Fsp3) is 0.0741.